The van der Waals surface area contributed by atoms with Gasteiger partial charge in [0, 0.05) is 37.0 Å². The summed E-state index contributed by atoms with van der Waals surface area (Å²) in [5.74, 6) is 0.814. The van der Waals surface area contributed by atoms with Crippen molar-refractivity contribution in [3.63, 3.8) is 0 Å². The Balaban J connectivity index is 0.00000128. The zero-order valence-corrected chi connectivity index (χ0v) is 19.1. The third-order valence-electron chi connectivity index (χ3n) is 6.62. The van der Waals surface area contributed by atoms with Gasteiger partial charge >= 0.3 is 0 Å². The van der Waals surface area contributed by atoms with Gasteiger partial charge in [0.25, 0.3) is 0 Å². The SMILES string of the molecule is CC1NCc2cc3c(cc2C1c1ccccc1)CNC(C)C3c1ccccc1.Cl.Cl. The van der Waals surface area contributed by atoms with Crippen LogP contribution in [0.1, 0.15) is 59.1 Å². The van der Waals surface area contributed by atoms with Crippen LogP contribution in [0.2, 0.25) is 0 Å². The first-order valence-electron chi connectivity index (χ1n) is 10.4. The Morgan fingerprint density at radius 1 is 0.600 bits per heavy atom. The molecule has 0 fully saturated rings. The predicted molar refractivity (Wildman–Crippen MR) is 130 cm³/mol. The molecule has 2 aliphatic rings. The van der Waals surface area contributed by atoms with Crippen LogP contribution in [0, 0.1) is 0 Å². The highest BCUT2D eigenvalue weighted by atomic mass is 35.5. The minimum absolute atomic E-state index is 0. The molecule has 0 saturated carbocycles. The van der Waals surface area contributed by atoms with Gasteiger partial charge in [-0.25, -0.2) is 0 Å². The van der Waals surface area contributed by atoms with E-state index in [2.05, 4.69) is 97.3 Å². The molecule has 4 unspecified atom stereocenters. The summed E-state index contributed by atoms with van der Waals surface area (Å²) in [4.78, 5) is 0. The van der Waals surface area contributed by atoms with E-state index in [0.29, 0.717) is 23.9 Å². The van der Waals surface area contributed by atoms with Gasteiger partial charge in [-0.05, 0) is 47.2 Å². The van der Waals surface area contributed by atoms with Crippen LogP contribution < -0.4 is 10.6 Å². The van der Waals surface area contributed by atoms with Gasteiger partial charge in [-0.3, -0.25) is 0 Å². The van der Waals surface area contributed by atoms with E-state index in [4.69, 9.17) is 0 Å². The van der Waals surface area contributed by atoms with Crippen molar-refractivity contribution < 1.29 is 0 Å². The summed E-state index contributed by atoms with van der Waals surface area (Å²) in [5.41, 5.74) is 8.72. The Morgan fingerprint density at radius 2 is 0.967 bits per heavy atom. The molecule has 2 N–H and O–H groups in total. The number of halogens is 2. The molecule has 4 atom stereocenters. The lowest BCUT2D eigenvalue weighted by Gasteiger charge is -2.38. The summed E-state index contributed by atoms with van der Waals surface area (Å²) in [6.07, 6.45) is 0. The number of fused-ring (bicyclic) bond motifs is 2. The fraction of sp³-hybridized carbons (Fsp3) is 0.308. The number of benzene rings is 3. The highest BCUT2D eigenvalue weighted by molar-refractivity contribution is 5.85. The first-order chi connectivity index (χ1) is 13.7. The third kappa shape index (κ3) is 4.02. The van der Waals surface area contributed by atoms with Crippen LogP contribution in [-0.2, 0) is 13.1 Å². The minimum Gasteiger partial charge on any atom is -0.309 e. The van der Waals surface area contributed by atoms with Gasteiger partial charge in [0.05, 0.1) is 0 Å². The topological polar surface area (TPSA) is 24.1 Å². The molecule has 158 valence electrons. The van der Waals surface area contributed by atoms with E-state index >= 15 is 0 Å². The summed E-state index contributed by atoms with van der Waals surface area (Å²) in [5, 5.41) is 7.49. The molecule has 0 bridgehead atoms. The standard InChI is InChI=1S/C26H28N2.2ClH/c1-17-25(19-9-5-3-6-10-19)23-13-22-16-28-18(2)26(20-11-7-4-8-12-20)24(22)14-21(23)15-27-17;;/h3-14,17-18,25-28H,15-16H2,1-2H3;2*1H. The lowest BCUT2D eigenvalue weighted by molar-refractivity contribution is 0.450. The summed E-state index contributed by atoms with van der Waals surface area (Å²) in [6.45, 7) is 6.53. The van der Waals surface area contributed by atoms with Gasteiger partial charge in [0.1, 0.15) is 0 Å². The Kier molecular flexibility index (Phi) is 7.26. The van der Waals surface area contributed by atoms with Crippen molar-refractivity contribution >= 4 is 24.8 Å². The van der Waals surface area contributed by atoms with Crippen LogP contribution in [0.5, 0.6) is 0 Å². The smallest absolute Gasteiger partial charge is 0.0244 e. The van der Waals surface area contributed by atoms with Crippen molar-refractivity contribution in [2.45, 2.75) is 50.9 Å². The first-order valence-corrected chi connectivity index (χ1v) is 10.4. The second-order valence-electron chi connectivity index (χ2n) is 8.37. The lowest BCUT2D eigenvalue weighted by Crippen LogP contribution is -2.40. The molecule has 0 spiro atoms. The number of hydrogen-bond acceptors (Lipinski definition) is 2. The second-order valence-corrected chi connectivity index (χ2v) is 8.37. The van der Waals surface area contributed by atoms with Gasteiger partial charge in [0.2, 0.25) is 0 Å². The highest BCUT2D eigenvalue weighted by Gasteiger charge is 2.33. The monoisotopic (exact) mass is 440 g/mol. The fourth-order valence-electron chi connectivity index (χ4n) is 5.19. The molecule has 0 aromatic heterocycles. The molecule has 0 radical (unpaired) electrons. The molecule has 30 heavy (non-hydrogen) atoms. The van der Waals surface area contributed by atoms with Gasteiger partial charge in [-0.1, -0.05) is 72.8 Å². The van der Waals surface area contributed by atoms with Crippen LogP contribution in [0.4, 0.5) is 0 Å². The first kappa shape index (κ1) is 22.8. The number of hydrogen-bond donors (Lipinski definition) is 2. The molecule has 3 aromatic carbocycles. The van der Waals surface area contributed by atoms with Crippen LogP contribution >= 0.6 is 24.8 Å². The summed E-state index contributed by atoms with van der Waals surface area (Å²) < 4.78 is 0. The maximum atomic E-state index is 3.74. The molecule has 0 aliphatic carbocycles. The van der Waals surface area contributed by atoms with Crippen molar-refractivity contribution in [1.82, 2.24) is 10.6 Å². The van der Waals surface area contributed by atoms with E-state index in [1.54, 1.807) is 0 Å². The lowest BCUT2D eigenvalue weighted by atomic mass is 9.75. The van der Waals surface area contributed by atoms with Gasteiger partial charge < -0.3 is 10.6 Å². The van der Waals surface area contributed by atoms with Gasteiger partial charge in [0.15, 0.2) is 0 Å². The molecule has 2 aliphatic heterocycles. The molecule has 3 aromatic rings. The molecule has 2 heterocycles. The van der Waals surface area contributed by atoms with Crippen LogP contribution in [0.15, 0.2) is 72.8 Å². The van der Waals surface area contributed by atoms with Crippen LogP contribution in [0.3, 0.4) is 0 Å². The Hall–Kier alpha value is -1.84. The van der Waals surface area contributed by atoms with E-state index in [9.17, 15) is 0 Å². The van der Waals surface area contributed by atoms with Gasteiger partial charge in [-0.2, -0.15) is 0 Å². The summed E-state index contributed by atoms with van der Waals surface area (Å²) in [7, 11) is 0. The molecule has 5 rings (SSSR count). The molecule has 2 nitrogen and oxygen atoms in total. The Morgan fingerprint density at radius 3 is 1.33 bits per heavy atom. The van der Waals surface area contributed by atoms with E-state index < -0.39 is 0 Å². The molecule has 0 saturated heterocycles. The van der Waals surface area contributed by atoms with Crippen molar-refractivity contribution in [2.24, 2.45) is 0 Å². The Bertz CT molecular complexity index is 894. The molecule has 0 amide bonds. The third-order valence-corrected chi connectivity index (χ3v) is 6.62. The largest absolute Gasteiger partial charge is 0.309 e. The second kappa shape index (κ2) is 9.53. The molecule has 4 heteroatoms. The highest BCUT2D eigenvalue weighted by Crippen LogP contribution is 2.40. The normalized spacial score (nSPS) is 24.6. The maximum absolute atomic E-state index is 3.74. The quantitative estimate of drug-likeness (QED) is 0.527. The van der Waals surface area contributed by atoms with Crippen LogP contribution in [0.25, 0.3) is 0 Å². The number of nitrogens with one attached hydrogen (secondary N) is 2. The summed E-state index contributed by atoms with van der Waals surface area (Å²) in [6, 6.07) is 27.8. The van der Waals surface area contributed by atoms with Crippen molar-refractivity contribution in [3.8, 4) is 0 Å². The number of rotatable bonds is 2. The van der Waals surface area contributed by atoms with Crippen molar-refractivity contribution in [1.29, 1.82) is 0 Å². The van der Waals surface area contributed by atoms with E-state index in [1.165, 1.54) is 33.4 Å². The van der Waals surface area contributed by atoms with E-state index in [1.807, 2.05) is 0 Å². The molecular formula is C26H30Cl2N2. The van der Waals surface area contributed by atoms with Crippen molar-refractivity contribution in [2.75, 3.05) is 0 Å². The summed E-state index contributed by atoms with van der Waals surface area (Å²) >= 11 is 0. The average Bonchev–Trinajstić information content (AvgIpc) is 2.74. The van der Waals surface area contributed by atoms with E-state index in [-0.39, 0.29) is 24.8 Å². The van der Waals surface area contributed by atoms with Crippen LogP contribution in [-0.4, -0.2) is 12.1 Å². The minimum atomic E-state index is 0. The zero-order chi connectivity index (χ0) is 19.1. The fourth-order valence-corrected chi connectivity index (χ4v) is 5.19. The molecular weight excluding hydrogens is 411 g/mol. The van der Waals surface area contributed by atoms with Crippen molar-refractivity contribution in [3.05, 3.63) is 106 Å². The Labute approximate surface area is 192 Å². The van der Waals surface area contributed by atoms with Gasteiger partial charge in [-0.15, -0.1) is 24.8 Å². The zero-order valence-electron chi connectivity index (χ0n) is 17.5. The predicted octanol–water partition coefficient (Wildman–Crippen LogP) is 5.78. The van der Waals surface area contributed by atoms with E-state index in [0.717, 1.165) is 13.1 Å². The maximum Gasteiger partial charge on any atom is 0.0244 e. The average molecular weight is 441 g/mol.